The van der Waals surface area contributed by atoms with Gasteiger partial charge in [-0.2, -0.15) is 0 Å². The van der Waals surface area contributed by atoms with E-state index in [-0.39, 0.29) is 22.5 Å². The number of nitrogens with one attached hydrogen (secondary N) is 1. The summed E-state index contributed by atoms with van der Waals surface area (Å²) in [5.74, 6) is -0.529. The van der Waals surface area contributed by atoms with Gasteiger partial charge in [-0.05, 0) is 38.0 Å². The minimum atomic E-state index is -0.439. The highest BCUT2D eigenvalue weighted by Gasteiger charge is 2.22. The van der Waals surface area contributed by atoms with Crippen LogP contribution in [0.15, 0.2) is 34.9 Å². The van der Waals surface area contributed by atoms with Gasteiger partial charge in [0.15, 0.2) is 0 Å². The summed E-state index contributed by atoms with van der Waals surface area (Å²) in [7, 11) is 0. The van der Waals surface area contributed by atoms with Crippen LogP contribution in [0.2, 0.25) is 0 Å². The molecule has 7 nitrogen and oxygen atoms in total. The molecule has 1 amide bonds. The summed E-state index contributed by atoms with van der Waals surface area (Å²) in [5, 5.41) is 16.8. The Kier molecular flexibility index (Phi) is 5.54. The second-order valence-electron chi connectivity index (χ2n) is 6.90. The van der Waals surface area contributed by atoms with Crippen molar-refractivity contribution in [3.05, 3.63) is 52.4 Å². The molecule has 154 valence electrons. The zero-order chi connectivity index (χ0) is 21.3. The van der Waals surface area contributed by atoms with Crippen LogP contribution in [0.25, 0.3) is 22.4 Å². The van der Waals surface area contributed by atoms with Crippen LogP contribution in [-0.4, -0.2) is 26.2 Å². The molecular formula is C21H20FN5O2S. The predicted octanol–water partition coefficient (Wildman–Crippen LogP) is 5.34. The number of fused-ring (bicyclic) bond motifs is 1. The van der Waals surface area contributed by atoms with Crippen LogP contribution in [0.3, 0.4) is 0 Å². The summed E-state index contributed by atoms with van der Waals surface area (Å²) in [6.45, 7) is 5.92. The number of nitrogens with zero attached hydrogens (tertiary/aromatic N) is 4. The Morgan fingerprint density at radius 3 is 2.73 bits per heavy atom. The summed E-state index contributed by atoms with van der Waals surface area (Å²) in [6.07, 6.45) is 1.91. The van der Waals surface area contributed by atoms with Crippen molar-refractivity contribution in [3.63, 3.8) is 0 Å². The Morgan fingerprint density at radius 2 is 2.00 bits per heavy atom. The van der Waals surface area contributed by atoms with Gasteiger partial charge in [0.05, 0.1) is 22.3 Å². The van der Waals surface area contributed by atoms with Gasteiger partial charge >= 0.3 is 0 Å². The summed E-state index contributed by atoms with van der Waals surface area (Å²) in [4.78, 5) is 17.5. The molecule has 0 spiro atoms. The standard InChI is InChI=1S/C21H20FN5O2S/c1-4-12(5-2)20-25-26-21(30-20)24-18(28)14-10-16(13-8-6-7-9-15(13)22)23-19-17(14)11(3)27-29-19/h6-10,12H,4-5H2,1-3H3,(H,24,26,28). The second-order valence-corrected chi connectivity index (χ2v) is 7.91. The summed E-state index contributed by atoms with van der Waals surface area (Å²) < 4.78 is 19.6. The van der Waals surface area contributed by atoms with Gasteiger partial charge in [0.25, 0.3) is 11.6 Å². The van der Waals surface area contributed by atoms with E-state index in [4.69, 9.17) is 4.52 Å². The zero-order valence-corrected chi connectivity index (χ0v) is 17.6. The fourth-order valence-electron chi connectivity index (χ4n) is 3.33. The number of pyridine rings is 1. The molecule has 1 aromatic carbocycles. The lowest BCUT2D eigenvalue weighted by molar-refractivity contribution is 0.102. The molecule has 0 aliphatic carbocycles. The summed E-state index contributed by atoms with van der Waals surface area (Å²) in [5.41, 5.74) is 1.55. The Morgan fingerprint density at radius 1 is 1.23 bits per heavy atom. The first-order valence-electron chi connectivity index (χ1n) is 9.68. The molecular weight excluding hydrogens is 405 g/mol. The zero-order valence-electron chi connectivity index (χ0n) is 16.8. The Labute approximate surface area is 176 Å². The van der Waals surface area contributed by atoms with E-state index in [1.54, 1.807) is 31.2 Å². The van der Waals surface area contributed by atoms with E-state index in [9.17, 15) is 9.18 Å². The molecule has 30 heavy (non-hydrogen) atoms. The van der Waals surface area contributed by atoms with Crippen molar-refractivity contribution in [3.8, 4) is 11.3 Å². The highest BCUT2D eigenvalue weighted by atomic mass is 32.1. The molecule has 0 saturated heterocycles. The van der Waals surface area contributed by atoms with Crippen molar-refractivity contribution in [2.24, 2.45) is 0 Å². The van der Waals surface area contributed by atoms with Crippen LogP contribution < -0.4 is 5.32 Å². The molecule has 0 atom stereocenters. The topological polar surface area (TPSA) is 93.8 Å². The second kappa shape index (κ2) is 8.27. The number of aromatic nitrogens is 4. The normalized spacial score (nSPS) is 11.4. The SMILES string of the molecule is CCC(CC)c1nnc(NC(=O)c2cc(-c3ccccc3F)nc3onc(C)c23)s1. The minimum Gasteiger partial charge on any atom is -0.335 e. The third-order valence-electron chi connectivity index (χ3n) is 5.01. The molecule has 0 radical (unpaired) electrons. The Hall–Kier alpha value is -3.20. The Balaban J connectivity index is 1.73. The minimum absolute atomic E-state index is 0.174. The maximum Gasteiger partial charge on any atom is 0.259 e. The van der Waals surface area contributed by atoms with Gasteiger partial charge in [0.2, 0.25) is 5.13 Å². The largest absolute Gasteiger partial charge is 0.335 e. The average Bonchev–Trinajstić information content (AvgIpc) is 3.35. The van der Waals surface area contributed by atoms with E-state index >= 15 is 0 Å². The van der Waals surface area contributed by atoms with Crippen LogP contribution >= 0.6 is 11.3 Å². The maximum atomic E-state index is 14.3. The van der Waals surface area contributed by atoms with Crippen molar-refractivity contribution in [1.82, 2.24) is 20.3 Å². The number of amides is 1. The fourth-order valence-corrected chi connectivity index (χ4v) is 4.34. The van der Waals surface area contributed by atoms with E-state index in [1.165, 1.54) is 17.4 Å². The number of benzene rings is 1. The van der Waals surface area contributed by atoms with Crippen molar-refractivity contribution >= 4 is 33.5 Å². The number of anilines is 1. The van der Waals surface area contributed by atoms with Crippen LogP contribution in [0.4, 0.5) is 9.52 Å². The van der Waals surface area contributed by atoms with E-state index < -0.39 is 11.7 Å². The highest BCUT2D eigenvalue weighted by molar-refractivity contribution is 7.15. The number of carbonyl (C=O) groups excluding carboxylic acids is 1. The highest BCUT2D eigenvalue weighted by Crippen LogP contribution is 2.31. The number of hydrogen-bond acceptors (Lipinski definition) is 7. The lowest BCUT2D eigenvalue weighted by atomic mass is 10.0. The molecule has 0 fully saturated rings. The molecule has 3 aromatic heterocycles. The third kappa shape index (κ3) is 3.68. The molecule has 0 unspecified atom stereocenters. The smallest absolute Gasteiger partial charge is 0.259 e. The number of carbonyl (C=O) groups is 1. The average molecular weight is 425 g/mol. The van der Waals surface area contributed by atoms with Crippen molar-refractivity contribution in [1.29, 1.82) is 0 Å². The van der Waals surface area contributed by atoms with E-state index in [1.807, 2.05) is 0 Å². The maximum absolute atomic E-state index is 14.3. The van der Waals surface area contributed by atoms with Crippen molar-refractivity contribution in [2.75, 3.05) is 5.32 Å². The van der Waals surface area contributed by atoms with Crippen LogP contribution in [0, 0.1) is 12.7 Å². The van der Waals surface area contributed by atoms with Gasteiger partial charge in [-0.25, -0.2) is 9.37 Å². The number of aryl methyl sites for hydroxylation is 1. The van der Waals surface area contributed by atoms with Gasteiger partial charge in [0.1, 0.15) is 10.8 Å². The third-order valence-corrected chi connectivity index (χ3v) is 6.01. The van der Waals surface area contributed by atoms with E-state index in [0.29, 0.717) is 22.1 Å². The van der Waals surface area contributed by atoms with Gasteiger partial charge in [0, 0.05) is 11.5 Å². The van der Waals surface area contributed by atoms with Gasteiger partial charge in [-0.3, -0.25) is 10.1 Å². The van der Waals surface area contributed by atoms with Gasteiger partial charge in [-0.15, -0.1) is 10.2 Å². The Bertz CT molecular complexity index is 1220. The van der Waals surface area contributed by atoms with Crippen LogP contribution in [0.1, 0.15) is 53.7 Å². The van der Waals surface area contributed by atoms with Crippen LogP contribution in [0.5, 0.6) is 0 Å². The van der Waals surface area contributed by atoms with Gasteiger partial charge in [-0.1, -0.05) is 42.5 Å². The first kappa shape index (κ1) is 20.1. The lowest BCUT2D eigenvalue weighted by Gasteiger charge is -2.07. The molecule has 0 bridgehead atoms. The molecule has 1 N–H and O–H groups in total. The first-order chi connectivity index (χ1) is 14.5. The molecule has 0 saturated carbocycles. The van der Waals surface area contributed by atoms with Gasteiger partial charge < -0.3 is 4.52 Å². The summed E-state index contributed by atoms with van der Waals surface area (Å²) >= 11 is 1.36. The van der Waals surface area contributed by atoms with Crippen molar-refractivity contribution < 1.29 is 13.7 Å². The molecule has 0 aliphatic heterocycles. The lowest BCUT2D eigenvalue weighted by Crippen LogP contribution is -2.13. The monoisotopic (exact) mass is 425 g/mol. The molecule has 3 heterocycles. The number of hydrogen-bond donors (Lipinski definition) is 1. The predicted molar refractivity (Wildman–Crippen MR) is 113 cm³/mol. The first-order valence-corrected chi connectivity index (χ1v) is 10.5. The quantitative estimate of drug-likeness (QED) is 0.448. The van der Waals surface area contributed by atoms with E-state index in [2.05, 4.69) is 39.5 Å². The summed E-state index contributed by atoms with van der Waals surface area (Å²) in [6, 6.07) is 7.78. The molecule has 4 aromatic rings. The molecule has 4 rings (SSSR count). The fraction of sp³-hybridized carbons (Fsp3) is 0.286. The molecule has 9 heteroatoms. The van der Waals surface area contributed by atoms with Crippen LogP contribution in [-0.2, 0) is 0 Å². The van der Waals surface area contributed by atoms with E-state index in [0.717, 1.165) is 17.8 Å². The number of rotatable bonds is 6. The number of halogens is 1. The molecule has 0 aliphatic rings. The van der Waals surface area contributed by atoms with Crippen molar-refractivity contribution in [2.45, 2.75) is 39.5 Å².